The first-order valence-corrected chi connectivity index (χ1v) is 8.58. The molecule has 6 heteroatoms. The van der Waals surface area contributed by atoms with Crippen molar-refractivity contribution in [2.45, 2.75) is 39.4 Å². The maximum absolute atomic E-state index is 12.8. The molecule has 6 nitrogen and oxygen atoms in total. The van der Waals surface area contributed by atoms with Crippen LogP contribution in [-0.4, -0.2) is 48.6 Å². The molecule has 132 valence electrons. The SMILES string of the molecule is CC1CN(C(=O)C(NC(=O)NCc2ccccc2)C(C)C)CCN1. The summed E-state index contributed by atoms with van der Waals surface area (Å²) in [6.45, 7) is 8.55. The molecule has 1 heterocycles. The highest BCUT2D eigenvalue weighted by Crippen LogP contribution is 2.09. The number of nitrogens with one attached hydrogen (secondary N) is 3. The van der Waals surface area contributed by atoms with Gasteiger partial charge < -0.3 is 20.9 Å². The third-order valence-corrected chi connectivity index (χ3v) is 4.20. The van der Waals surface area contributed by atoms with Crippen molar-refractivity contribution in [2.75, 3.05) is 19.6 Å². The molecule has 0 aliphatic carbocycles. The van der Waals surface area contributed by atoms with Gasteiger partial charge in [-0.2, -0.15) is 0 Å². The molecule has 0 aromatic heterocycles. The van der Waals surface area contributed by atoms with E-state index >= 15 is 0 Å². The lowest BCUT2D eigenvalue weighted by molar-refractivity contribution is -0.135. The molecule has 2 unspecified atom stereocenters. The fourth-order valence-electron chi connectivity index (χ4n) is 2.81. The zero-order valence-corrected chi connectivity index (χ0v) is 14.7. The summed E-state index contributed by atoms with van der Waals surface area (Å²) in [5, 5.41) is 8.98. The summed E-state index contributed by atoms with van der Waals surface area (Å²) < 4.78 is 0. The predicted octanol–water partition coefficient (Wildman–Crippen LogP) is 1.33. The summed E-state index contributed by atoms with van der Waals surface area (Å²) in [5.74, 6) is 0.0263. The molecule has 24 heavy (non-hydrogen) atoms. The molecule has 1 aliphatic heterocycles. The number of carbonyl (C=O) groups is 2. The maximum Gasteiger partial charge on any atom is 0.315 e. The highest BCUT2D eigenvalue weighted by Gasteiger charge is 2.30. The van der Waals surface area contributed by atoms with Crippen LogP contribution in [0.1, 0.15) is 26.3 Å². The Balaban J connectivity index is 1.90. The molecule has 0 spiro atoms. The lowest BCUT2D eigenvalue weighted by Crippen LogP contribution is -2.58. The minimum atomic E-state index is -0.508. The topological polar surface area (TPSA) is 73.5 Å². The minimum Gasteiger partial charge on any atom is -0.338 e. The van der Waals surface area contributed by atoms with Crippen molar-refractivity contribution in [3.63, 3.8) is 0 Å². The van der Waals surface area contributed by atoms with Gasteiger partial charge in [0.1, 0.15) is 6.04 Å². The van der Waals surface area contributed by atoms with Crippen molar-refractivity contribution >= 4 is 11.9 Å². The summed E-state index contributed by atoms with van der Waals surface area (Å²) in [4.78, 5) is 26.8. The van der Waals surface area contributed by atoms with Gasteiger partial charge in [-0.3, -0.25) is 4.79 Å². The summed E-state index contributed by atoms with van der Waals surface area (Å²) in [6.07, 6.45) is 0. The normalized spacial score (nSPS) is 19.0. The number of carbonyl (C=O) groups excluding carboxylic acids is 2. The molecule has 1 saturated heterocycles. The Morgan fingerprint density at radius 3 is 2.62 bits per heavy atom. The quantitative estimate of drug-likeness (QED) is 0.762. The molecule has 1 aliphatic rings. The van der Waals surface area contributed by atoms with Crippen molar-refractivity contribution in [3.8, 4) is 0 Å². The van der Waals surface area contributed by atoms with Crippen LogP contribution in [0.3, 0.4) is 0 Å². The van der Waals surface area contributed by atoms with Crippen LogP contribution < -0.4 is 16.0 Å². The Morgan fingerprint density at radius 1 is 1.29 bits per heavy atom. The van der Waals surface area contributed by atoms with E-state index in [1.807, 2.05) is 49.1 Å². The van der Waals surface area contributed by atoms with Gasteiger partial charge in [0.05, 0.1) is 0 Å². The number of benzene rings is 1. The third-order valence-electron chi connectivity index (χ3n) is 4.20. The Hall–Kier alpha value is -2.08. The van der Waals surface area contributed by atoms with Crippen LogP contribution >= 0.6 is 0 Å². The van der Waals surface area contributed by atoms with Crippen molar-refractivity contribution < 1.29 is 9.59 Å². The lowest BCUT2D eigenvalue weighted by Gasteiger charge is -2.35. The zero-order valence-electron chi connectivity index (χ0n) is 14.7. The Kier molecular flexibility index (Phi) is 6.61. The number of urea groups is 1. The molecule has 1 fully saturated rings. The molecular formula is C18H28N4O2. The van der Waals surface area contributed by atoms with Crippen molar-refractivity contribution in [3.05, 3.63) is 35.9 Å². The second-order valence-corrected chi connectivity index (χ2v) is 6.67. The van der Waals surface area contributed by atoms with Crippen molar-refractivity contribution in [1.82, 2.24) is 20.9 Å². The molecule has 0 saturated carbocycles. The first kappa shape index (κ1) is 18.3. The van der Waals surface area contributed by atoms with Crippen LogP contribution in [0.4, 0.5) is 4.79 Å². The molecule has 0 radical (unpaired) electrons. The highest BCUT2D eigenvalue weighted by molar-refractivity contribution is 5.87. The van der Waals surface area contributed by atoms with Crippen LogP contribution in [0.5, 0.6) is 0 Å². The van der Waals surface area contributed by atoms with E-state index in [0.717, 1.165) is 12.1 Å². The minimum absolute atomic E-state index is 0.00629. The Morgan fingerprint density at radius 2 is 2.00 bits per heavy atom. The summed E-state index contributed by atoms with van der Waals surface area (Å²) in [5.41, 5.74) is 1.02. The van der Waals surface area contributed by atoms with E-state index in [-0.39, 0.29) is 23.9 Å². The van der Waals surface area contributed by atoms with E-state index in [2.05, 4.69) is 22.9 Å². The summed E-state index contributed by atoms with van der Waals surface area (Å²) in [7, 11) is 0. The van der Waals surface area contributed by atoms with E-state index in [9.17, 15) is 9.59 Å². The van der Waals surface area contributed by atoms with Gasteiger partial charge in [0.2, 0.25) is 5.91 Å². The molecule has 2 rings (SSSR count). The van der Waals surface area contributed by atoms with Crippen LogP contribution in [0, 0.1) is 5.92 Å². The Bertz CT molecular complexity index is 547. The van der Waals surface area contributed by atoms with E-state index in [0.29, 0.717) is 19.6 Å². The first-order valence-electron chi connectivity index (χ1n) is 8.58. The number of piperazine rings is 1. The average Bonchev–Trinajstić information content (AvgIpc) is 2.58. The fraction of sp³-hybridized carbons (Fsp3) is 0.556. The van der Waals surface area contributed by atoms with Crippen LogP contribution in [0.2, 0.25) is 0 Å². The van der Waals surface area contributed by atoms with Crippen LogP contribution in [-0.2, 0) is 11.3 Å². The summed E-state index contributed by atoms with van der Waals surface area (Å²) >= 11 is 0. The highest BCUT2D eigenvalue weighted by atomic mass is 16.2. The van der Waals surface area contributed by atoms with E-state index < -0.39 is 6.04 Å². The van der Waals surface area contributed by atoms with Crippen molar-refractivity contribution in [2.24, 2.45) is 5.92 Å². The van der Waals surface area contributed by atoms with Crippen LogP contribution in [0.15, 0.2) is 30.3 Å². The molecule has 1 aromatic carbocycles. The molecule has 3 amide bonds. The predicted molar refractivity (Wildman–Crippen MR) is 94.5 cm³/mol. The molecular weight excluding hydrogens is 304 g/mol. The van der Waals surface area contributed by atoms with Gasteiger partial charge in [0, 0.05) is 32.2 Å². The van der Waals surface area contributed by atoms with E-state index in [4.69, 9.17) is 0 Å². The monoisotopic (exact) mass is 332 g/mol. The summed E-state index contributed by atoms with van der Waals surface area (Å²) in [6, 6.07) is 9.16. The fourth-order valence-corrected chi connectivity index (χ4v) is 2.81. The van der Waals surface area contributed by atoms with Gasteiger partial charge in [-0.25, -0.2) is 4.79 Å². The number of hydrogen-bond donors (Lipinski definition) is 3. The van der Waals surface area contributed by atoms with Crippen molar-refractivity contribution in [1.29, 1.82) is 0 Å². The number of rotatable bonds is 5. The number of nitrogens with zero attached hydrogens (tertiary/aromatic N) is 1. The number of amides is 3. The van der Waals surface area contributed by atoms with E-state index in [1.54, 1.807) is 0 Å². The standard InChI is InChI=1S/C18H28N4O2/c1-13(2)16(17(23)22-10-9-19-14(3)12-22)21-18(24)20-11-15-7-5-4-6-8-15/h4-8,13-14,16,19H,9-12H2,1-3H3,(H2,20,21,24). The smallest absolute Gasteiger partial charge is 0.315 e. The number of hydrogen-bond acceptors (Lipinski definition) is 3. The molecule has 2 atom stereocenters. The first-order chi connectivity index (χ1) is 11.5. The van der Waals surface area contributed by atoms with Gasteiger partial charge in [-0.05, 0) is 18.4 Å². The van der Waals surface area contributed by atoms with Crippen LogP contribution in [0.25, 0.3) is 0 Å². The van der Waals surface area contributed by atoms with Gasteiger partial charge in [-0.1, -0.05) is 44.2 Å². The molecule has 1 aromatic rings. The van der Waals surface area contributed by atoms with Gasteiger partial charge in [0.15, 0.2) is 0 Å². The maximum atomic E-state index is 12.8. The lowest BCUT2D eigenvalue weighted by atomic mass is 10.0. The zero-order chi connectivity index (χ0) is 17.5. The third kappa shape index (κ3) is 5.23. The van der Waals surface area contributed by atoms with Gasteiger partial charge >= 0.3 is 6.03 Å². The molecule has 0 bridgehead atoms. The second-order valence-electron chi connectivity index (χ2n) is 6.67. The van der Waals surface area contributed by atoms with Gasteiger partial charge in [-0.15, -0.1) is 0 Å². The largest absolute Gasteiger partial charge is 0.338 e. The van der Waals surface area contributed by atoms with E-state index in [1.165, 1.54) is 0 Å². The van der Waals surface area contributed by atoms with Gasteiger partial charge in [0.25, 0.3) is 0 Å². The average molecular weight is 332 g/mol. The Labute approximate surface area is 144 Å². The second kappa shape index (κ2) is 8.68. The molecule has 3 N–H and O–H groups in total.